The fourth-order valence-electron chi connectivity index (χ4n) is 2.11. The van der Waals surface area contributed by atoms with E-state index in [1.807, 2.05) is 6.07 Å². The van der Waals surface area contributed by atoms with Crippen molar-refractivity contribution in [3.05, 3.63) is 40.6 Å². The number of benzene rings is 1. The van der Waals surface area contributed by atoms with Crippen molar-refractivity contribution in [3.63, 3.8) is 0 Å². The molecule has 0 spiro atoms. The SMILES string of the molecule is CCN(C[C@H]1C=C(N)NC1)c1cccc(Br)c1. The maximum Gasteiger partial charge on any atom is 0.0923 e. The Bertz CT molecular complexity index is 417. The molecule has 3 nitrogen and oxygen atoms in total. The summed E-state index contributed by atoms with van der Waals surface area (Å²) in [5.74, 6) is 1.30. The lowest BCUT2D eigenvalue weighted by Crippen LogP contribution is -2.30. The molecule has 2 rings (SSSR count). The number of nitrogens with zero attached hydrogens (tertiary/aromatic N) is 1. The fourth-order valence-corrected chi connectivity index (χ4v) is 2.50. The third kappa shape index (κ3) is 3.16. The Morgan fingerprint density at radius 2 is 2.35 bits per heavy atom. The summed E-state index contributed by atoms with van der Waals surface area (Å²) in [6.45, 7) is 5.12. The van der Waals surface area contributed by atoms with E-state index in [9.17, 15) is 0 Å². The molecule has 17 heavy (non-hydrogen) atoms. The van der Waals surface area contributed by atoms with Crippen LogP contribution in [0.15, 0.2) is 40.6 Å². The summed E-state index contributed by atoms with van der Waals surface area (Å²) in [4.78, 5) is 2.37. The second-order valence-electron chi connectivity index (χ2n) is 4.28. The van der Waals surface area contributed by atoms with Crippen molar-refractivity contribution in [2.24, 2.45) is 11.7 Å². The van der Waals surface area contributed by atoms with Crippen molar-refractivity contribution in [2.45, 2.75) is 6.92 Å². The van der Waals surface area contributed by atoms with Crippen LogP contribution in [0, 0.1) is 5.92 Å². The van der Waals surface area contributed by atoms with E-state index in [4.69, 9.17) is 5.73 Å². The number of rotatable bonds is 4. The van der Waals surface area contributed by atoms with Gasteiger partial charge in [0.1, 0.15) is 0 Å². The molecule has 1 aromatic carbocycles. The number of anilines is 1. The lowest BCUT2D eigenvalue weighted by atomic mass is 10.1. The number of halogens is 1. The van der Waals surface area contributed by atoms with Gasteiger partial charge in [-0.2, -0.15) is 0 Å². The van der Waals surface area contributed by atoms with E-state index in [1.54, 1.807) is 0 Å². The standard InChI is InChI=1S/C13H18BrN3/c1-2-17(9-10-6-13(15)16-8-10)12-5-3-4-11(14)7-12/h3-7,10,16H,2,8-9,15H2,1H3/t10-/m0/s1. The van der Waals surface area contributed by atoms with E-state index in [0.717, 1.165) is 29.9 Å². The van der Waals surface area contributed by atoms with Crippen molar-refractivity contribution >= 4 is 21.6 Å². The van der Waals surface area contributed by atoms with E-state index in [-0.39, 0.29) is 0 Å². The third-order valence-corrected chi connectivity index (χ3v) is 3.49. The van der Waals surface area contributed by atoms with E-state index in [0.29, 0.717) is 5.92 Å². The number of hydrogen-bond acceptors (Lipinski definition) is 3. The van der Waals surface area contributed by atoms with Gasteiger partial charge in [0.25, 0.3) is 0 Å². The first-order chi connectivity index (χ1) is 8.19. The van der Waals surface area contributed by atoms with Gasteiger partial charge in [0.15, 0.2) is 0 Å². The summed E-state index contributed by atoms with van der Waals surface area (Å²) in [5.41, 5.74) is 6.98. The van der Waals surface area contributed by atoms with Crippen LogP contribution in [0.5, 0.6) is 0 Å². The van der Waals surface area contributed by atoms with Gasteiger partial charge in [0.2, 0.25) is 0 Å². The lowest BCUT2D eigenvalue weighted by Gasteiger charge is -2.25. The lowest BCUT2D eigenvalue weighted by molar-refractivity contribution is 0.624. The van der Waals surface area contributed by atoms with Gasteiger partial charge < -0.3 is 16.0 Å². The van der Waals surface area contributed by atoms with Crippen molar-refractivity contribution in [2.75, 3.05) is 24.5 Å². The molecule has 3 N–H and O–H groups in total. The van der Waals surface area contributed by atoms with E-state index in [1.165, 1.54) is 5.69 Å². The molecule has 0 bridgehead atoms. The Morgan fingerprint density at radius 1 is 1.53 bits per heavy atom. The molecule has 4 heteroatoms. The molecule has 0 aliphatic carbocycles. The molecule has 0 fully saturated rings. The minimum Gasteiger partial charge on any atom is -0.386 e. The molecule has 1 aliphatic heterocycles. The first kappa shape index (κ1) is 12.3. The smallest absolute Gasteiger partial charge is 0.0923 e. The average molecular weight is 296 g/mol. The topological polar surface area (TPSA) is 41.3 Å². The van der Waals surface area contributed by atoms with E-state index in [2.05, 4.69) is 57.3 Å². The zero-order valence-corrected chi connectivity index (χ0v) is 11.6. The molecule has 0 saturated heterocycles. The Hall–Kier alpha value is -1.16. The van der Waals surface area contributed by atoms with Crippen LogP contribution in [-0.2, 0) is 0 Å². The van der Waals surface area contributed by atoms with Crippen LogP contribution in [-0.4, -0.2) is 19.6 Å². The maximum absolute atomic E-state index is 5.73. The van der Waals surface area contributed by atoms with Crippen LogP contribution < -0.4 is 16.0 Å². The van der Waals surface area contributed by atoms with Gasteiger partial charge in [0.05, 0.1) is 5.82 Å². The van der Waals surface area contributed by atoms with E-state index < -0.39 is 0 Å². The maximum atomic E-state index is 5.73. The molecular formula is C13H18BrN3. The largest absolute Gasteiger partial charge is 0.386 e. The first-order valence-electron chi connectivity index (χ1n) is 5.90. The van der Waals surface area contributed by atoms with Crippen LogP contribution in [0.4, 0.5) is 5.69 Å². The molecule has 1 atom stereocenters. The molecule has 0 amide bonds. The van der Waals surface area contributed by atoms with Crippen LogP contribution >= 0.6 is 15.9 Å². The van der Waals surface area contributed by atoms with Crippen molar-refractivity contribution in [1.29, 1.82) is 0 Å². The van der Waals surface area contributed by atoms with Gasteiger partial charge in [-0.15, -0.1) is 0 Å². The quantitative estimate of drug-likeness (QED) is 0.896. The highest BCUT2D eigenvalue weighted by atomic mass is 79.9. The predicted octanol–water partition coefficient (Wildman–Crippen LogP) is 2.29. The Kier molecular flexibility index (Phi) is 3.94. The van der Waals surface area contributed by atoms with Gasteiger partial charge in [-0.1, -0.05) is 22.0 Å². The summed E-state index contributed by atoms with van der Waals surface area (Å²) >= 11 is 3.51. The Labute approximate surface area is 111 Å². The third-order valence-electron chi connectivity index (χ3n) is 2.99. The van der Waals surface area contributed by atoms with Gasteiger partial charge >= 0.3 is 0 Å². The number of hydrogen-bond donors (Lipinski definition) is 2. The molecule has 0 saturated carbocycles. The first-order valence-corrected chi connectivity index (χ1v) is 6.70. The monoisotopic (exact) mass is 295 g/mol. The average Bonchev–Trinajstić information content (AvgIpc) is 2.72. The second-order valence-corrected chi connectivity index (χ2v) is 5.20. The Morgan fingerprint density at radius 3 is 2.94 bits per heavy atom. The molecule has 1 heterocycles. The summed E-state index contributed by atoms with van der Waals surface area (Å²) in [6.07, 6.45) is 2.11. The normalized spacial score (nSPS) is 18.7. The molecule has 92 valence electrons. The highest BCUT2D eigenvalue weighted by Gasteiger charge is 2.16. The summed E-state index contributed by atoms with van der Waals surface area (Å²) in [6, 6.07) is 8.41. The van der Waals surface area contributed by atoms with Crippen LogP contribution in [0.1, 0.15) is 6.92 Å². The minimum atomic E-state index is 0.494. The predicted molar refractivity (Wildman–Crippen MR) is 75.8 cm³/mol. The highest BCUT2D eigenvalue weighted by molar-refractivity contribution is 9.10. The highest BCUT2D eigenvalue weighted by Crippen LogP contribution is 2.21. The van der Waals surface area contributed by atoms with Crippen molar-refractivity contribution in [3.8, 4) is 0 Å². The van der Waals surface area contributed by atoms with Crippen LogP contribution in [0.25, 0.3) is 0 Å². The van der Waals surface area contributed by atoms with Gasteiger partial charge in [0, 0.05) is 35.7 Å². The van der Waals surface area contributed by atoms with Crippen LogP contribution in [0.3, 0.4) is 0 Å². The van der Waals surface area contributed by atoms with Gasteiger partial charge in [-0.3, -0.25) is 0 Å². The molecular weight excluding hydrogens is 278 g/mol. The summed E-state index contributed by atoms with van der Waals surface area (Å²) < 4.78 is 1.12. The zero-order valence-electron chi connectivity index (χ0n) is 9.99. The Balaban J connectivity index is 2.06. The fraction of sp³-hybridized carbons (Fsp3) is 0.385. The summed E-state index contributed by atoms with van der Waals surface area (Å²) in [5, 5.41) is 3.16. The van der Waals surface area contributed by atoms with Crippen molar-refractivity contribution < 1.29 is 0 Å². The zero-order chi connectivity index (χ0) is 12.3. The molecule has 0 unspecified atom stereocenters. The number of nitrogens with two attached hydrogens (primary N) is 1. The van der Waals surface area contributed by atoms with E-state index >= 15 is 0 Å². The molecule has 0 aromatic heterocycles. The van der Waals surface area contributed by atoms with Gasteiger partial charge in [-0.25, -0.2) is 0 Å². The summed E-state index contributed by atoms with van der Waals surface area (Å²) in [7, 11) is 0. The number of nitrogens with one attached hydrogen (secondary N) is 1. The second kappa shape index (κ2) is 5.45. The van der Waals surface area contributed by atoms with Gasteiger partial charge in [-0.05, 0) is 31.2 Å². The minimum absolute atomic E-state index is 0.494. The molecule has 1 aromatic rings. The van der Waals surface area contributed by atoms with Crippen molar-refractivity contribution in [1.82, 2.24) is 5.32 Å². The molecule has 0 radical (unpaired) electrons. The van der Waals surface area contributed by atoms with Crippen LogP contribution in [0.2, 0.25) is 0 Å². The molecule has 1 aliphatic rings.